The molecule has 0 fully saturated rings. The van der Waals surface area contributed by atoms with Crippen molar-refractivity contribution < 1.29 is 5.11 Å². The molecule has 0 radical (unpaired) electrons. The Balaban J connectivity index is 2.01. The van der Waals surface area contributed by atoms with Crippen LogP contribution in [0.15, 0.2) is 60.7 Å². The van der Waals surface area contributed by atoms with E-state index in [9.17, 15) is 0 Å². The molecule has 0 bridgehead atoms. The maximum Gasteiger partial charge on any atom is 0.0485 e. The summed E-state index contributed by atoms with van der Waals surface area (Å²) >= 11 is 0. The van der Waals surface area contributed by atoms with Crippen LogP contribution in [0.3, 0.4) is 0 Å². The van der Waals surface area contributed by atoms with Crippen LogP contribution < -0.4 is 0 Å². The molecule has 0 aliphatic rings. The fraction of sp³-hybridized carbons (Fsp3) is 0.222. The normalized spacial score (nSPS) is 11.1. The lowest BCUT2D eigenvalue weighted by Gasteiger charge is -2.10. The van der Waals surface area contributed by atoms with Gasteiger partial charge in [0.05, 0.1) is 0 Å². The van der Waals surface area contributed by atoms with Gasteiger partial charge in [0.1, 0.15) is 0 Å². The van der Waals surface area contributed by atoms with Crippen LogP contribution in [0.5, 0.6) is 0 Å². The molecule has 1 heterocycles. The number of aliphatic hydroxyl groups is 1. The minimum atomic E-state index is 0.243. The molecule has 1 aromatic heterocycles. The van der Waals surface area contributed by atoms with Crippen molar-refractivity contribution in [2.24, 2.45) is 0 Å². The molecular formula is C18H19NO. The number of aryl methyl sites for hydroxylation is 1. The molecule has 0 atom stereocenters. The summed E-state index contributed by atoms with van der Waals surface area (Å²) in [6.07, 6.45) is 1.73. The Morgan fingerprint density at radius 2 is 1.65 bits per heavy atom. The molecule has 3 aromatic rings. The molecule has 3 rings (SSSR count). The zero-order valence-electron chi connectivity index (χ0n) is 11.5. The number of nitrogens with zero attached hydrogens (tertiary/aromatic N) is 1. The molecular weight excluding hydrogens is 246 g/mol. The molecule has 0 amide bonds. The fourth-order valence-corrected chi connectivity index (χ4v) is 2.69. The highest BCUT2D eigenvalue weighted by atomic mass is 16.2. The summed E-state index contributed by atoms with van der Waals surface area (Å²) < 4.78 is 2.36. The van der Waals surface area contributed by atoms with Crippen LogP contribution in [-0.4, -0.2) is 16.3 Å². The van der Waals surface area contributed by atoms with Gasteiger partial charge in [-0.25, -0.2) is 0 Å². The molecule has 0 aliphatic carbocycles. The van der Waals surface area contributed by atoms with Crippen molar-refractivity contribution in [2.45, 2.75) is 19.4 Å². The van der Waals surface area contributed by atoms with Crippen LogP contribution in [0, 0.1) is 0 Å². The van der Waals surface area contributed by atoms with E-state index in [4.69, 9.17) is 5.11 Å². The van der Waals surface area contributed by atoms with Gasteiger partial charge in [0.25, 0.3) is 0 Å². The summed E-state index contributed by atoms with van der Waals surface area (Å²) in [5, 5.41) is 10.3. The Hall–Kier alpha value is -2.06. The predicted octanol–water partition coefficient (Wildman–Crippen LogP) is 3.61. The van der Waals surface area contributed by atoms with E-state index in [0.29, 0.717) is 0 Å². The molecule has 20 heavy (non-hydrogen) atoms. The molecule has 2 nitrogen and oxygen atoms in total. The van der Waals surface area contributed by atoms with Crippen LogP contribution in [0.2, 0.25) is 0 Å². The molecule has 2 aromatic carbocycles. The van der Waals surface area contributed by atoms with Gasteiger partial charge in [-0.2, -0.15) is 0 Å². The number of hydrogen-bond donors (Lipinski definition) is 1. The topological polar surface area (TPSA) is 25.2 Å². The molecule has 2 heteroatoms. The molecule has 0 aliphatic heterocycles. The first-order chi connectivity index (χ1) is 9.88. The summed E-state index contributed by atoms with van der Waals surface area (Å²) in [6, 6.07) is 21.2. The van der Waals surface area contributed by atoms with Gasteiger partial charge < -0.3 is 9.67 Å². The summed E-state index contributed by atoms with van der Waals surface area (Å²) in [4.78, 5) is 0. The maximum absolute atomic E-state index is 9.07. The van der Waals surface area contributed by atoms with Crippen molar-refractivity contribution in [3.63, 3.8) is 0 Å². The largest absolute Gasteiger partial charge is 0.396 e. The number of benzene rings is 2. The van der Waals surface area contributed by atoms with Gasteiger partial charge in [0.2, 0.25) is 0 Å². The highest BCUT2D eigenvalue weighted by molar-refractivity contribution is 5.81. The van der Waals surface area contributed by atoms with Gasteiger partial charge in [-0.05, 0) is 35.9 Å². The SMILES string of the molecule is OCCCc1cc2ccccc2n1Cc1ccccc1. The second-order valence-electron chi connectivity index (χ2n) is 5.09. The molecule has 0 saturated heterocycles. The van der Waals surface area contributed by atoms with E-state index < -0.39 is 0 Å². The first-order valence-electron chi connectivity index (χ1n) is 7.10. The van der Waals surface area contributed by atoms with E-state index in [2.05, 4.69) is 59.2 Å². The average Bonchev–Trinajstić information content (AvgIpc) is 2.84. The molecule has 102 valence electrons. The zero-order chi connectivity index (χ0) is 13.8. The smallest absolute Gasteiger partial charge is 0.0485 e. The number of rotatable bonds is 5. The molecule has 1 N–H and O–H groups in total. The minimum Gasteiger partial charge on any atom is -0.396 e. The van der Waals surface area contributed by atoms with Crippen molar-refractivity contribution in [3.05, 3.63) is 71.9 Å². The highest BCUT2D eigenvalue weighted by Crippen LogP contribution is 2.22. The summed E-state index contributed by atoms with van der Waals surface area (Å²) in [6.45, 7) is 1.13. The fourth-order valence-electron chi connectivity index (χ4n) is 2.69. The van der Waals surface area contributed by atoms with E-state index in [1.807, 2.05) is 6.07 Å². The number of fused-ring (bicyclic) bond motifs is 1. The van der Waals surface area contributed by atoms with Crippen LogP contribution in [0.4, 0.5) is 0 Å². The predicted molar refractivity (Wildman–Crippen MR) is 82.9 cm³/mol. The molecule has 0 unspecified atom stereocenters. The third kappa shape index (κ3) is 2.61. The van der Waals surface area contributed by atoms with Gasteiger partial charge >= 0.3 is 0 Å². The third-order valence-electron chi connectivity index (χ3n) is 3.67. The van der Waals surface area contributed by atoms with Crippen molar-refractivity contribution in [1.29, 1.82) is 0 Å². The first-order valence-corrected chi connectivity index (χ1v) is 7.10. The van der Waals surface area contributed by atoms with E-state index in [1.54, 1.807) is 0 Å². The number of aliphatic hydroxyl groups excluding tert-OH is 1. The van der Waals surface area contributed by atoms with Gasteiger partial charge in [0, 0.05) is 24.4 Å². The quantitative estimate of drug-likeness (QED) is 0.749. The minimum absolute atomic E-state index is 0.243. The summed E-state index contributed by atoms with van der Waals surface area (Å²) in [5.74, 6) is 0. The maximum atomic E-state index is 9.07. The van der Waals surface area contributed by atoms with Gasteiger partial charge in [0.15, 0.2) is 0 Å². The first kappa shape index (κ1) is 12.9. The second kappa shape index (κ2) is 5.93. The molecule has 0 saturated carbocycles. The van der Waals surface area contributed by atoms with Crippen molar-refractivity contribution in [2.75, 3.05) is 6.61 Å². The van der Waals surface area contributed by atoms with E-state index in [1.165, 1.54) is 22.2 Å². The van der Waals surface area contributed by atoms with Crippen molar-refractivity contribution in [3.8, 4) is 0 Å². The number of aromatic nitrogens is 1. The summed E-state index contributed by atoms with van der Waals surface area (Å²) in [5.41, 5.74) is 3.87. The van der Waals surface area contributed by atoms with Crippen LogP contribution >= 0.6 is 0 Å². The third-order valence-corrected chi connectivity index (χ3v) is 3.67. The Morgan fingerprint density at radius 3 is 2.45 bits per heavy atom. The molecule has 0 spiro atoms. The zero-order valence-corrected chi connectivity index (χ0v) is 11.5. The van der Waals surface area contributed by atoms with Crippen LogP contribution in [0.25, 0.3) is 10.9 Å². The number of para-hydroxylation sites is 1. The second-order valence-corrected chi connectivity index (χ2v) is 5.09. The van der Waals surface area contributed by atoms with Crippen molar-refractivity contribution in [1.82, 2.24) is 4.57 Å². The standard InChI is InChI=1S/C18H19NO/c20-12-6-10-17-13-16-9-4-5-11-18(16)19(17)14-15-7-2-1-3-8-15/h1-5,7-9,11,13,20H,6,10,12,14H2. The lowest BCUT2D eigenvalue weighted by atomic mass is 10.2. The highest BCUT2D eigenvalue weighted by Gasteiger charge is 2.08. The monoisotopic (exact) mass is 265 g/mol. The Kier molecular flexibility index (Phi) is 3.84. The lowest BCUT2D eigenvalue weighted by molar-refractivity contribution is 0.287. The van der Waals surface area contributed by atoms with E-state index in [0.717, 1.165) is 19.4 Å². The Labute approximate surface area is 119 Å². The van der Waals surface area contributed by atoms with Crippen LogP contribution in [0.1, 0.15) is 17.7 Å². The Bertz CT molecular complexity index is 685. The van der Waals surface area contributed by atoms with Gasteiger partial charge in [-0.15, -0.1) is 0 Å². The van der Waals surface area contributed by atoms with Gasteiger partial charge in [-0.3, -0.25) is 0 Å². The lowest BCUT2D eigenvalue weighted by Crippen LogP contribution is -2.05. The van der Waals surface area contributed by atoms with E-state index in [-0.39, 0.29) is 6.61 Å². The Morgan fingerprint density at radius 1 is 0.900 bits per heavy atom. The summed E-state index contributed by atoms with van der Waals surface area (Å²) in [7, 11) is 0. The van der Waals surface area contributed by atoms with E-state index >= 15 is 0 Å². The van der Waals surface area contributed by atoms with Crippen LogP contribution in [-0.2, 0) is 13.0 Å². The average molecular weight is 265 g/mol. The van der Waals surface area contributed by atoms with Crippen molar-refractivity contribution >= 4 is 10.9 Å². The van der Waals surface area contributed by atoms with Gasteiger partial charge in [-0.1, -0.05) is 48.5 Å². The number of hydrogen-bond acceptors (Lipinski definition) is 1.